The quantitative estimate of drug-likeness (QED) is 0.736. The maximum atomic E-state index is 5.49. The summed E-state index contributed by atoms with van der Waals surface area (Å²) in [6.07, 6.45) is 11.2. The molecule has 0 radical (unpaired) electrons. The average Bonchev–Trinajstić information content (AvgIpc) is 2.84. The van der Waals surface area contributed by atoms with Crippen molar-refractivity contribution in [1.82, 2.24) is 0 Å². The van der Waals surface area contributed by atoms with E-state index in [1.807, 2.05) is 0 Å². The van der Waals surface area contributed by atoms with Gasteiger partial charge in [-0.25, -0.2) is 0 Å². The Balaban J connectivity index is 0.00000144. The summed E-state index contributed by atoms with van der Waals surface area (Å²) in [6.45, 7) is 5.28. The van der Waals surface area contributed by atoms with Gasteiger partial charge in [0.2, 0.25) is 0 Å². The van der Waals surface area contributed by atoms with Crippen LogP contribution >= 0.6 is 0 Å². The average molecular weight is 328 g/mol. The number of allylic oxidation sites excluding steroid dienone is 6. The van der Waals surface area contributed by atoms with Crippen LogP contribution in [0.2, 0.25) is 0 Å². The minimum absolute atomic E-state index is 0. The summed E-state index contributed by atoms with van der Waals surface area (Å²) >= 11 is 1.17. The van der Waals surface area contributed by atoms with Gasteiger partial charge in [-0.15, -0.1) is 0 Å². The molecule has 2 aliphatic carbocycles. The molecule has 17 heavy (non-hydrogen) atoms. The standard InChI is InChI=1S/C14H17O.ClH.Zr/c1-10-5-3-7-12(10)14(9-15)13-8-4-6-11(13)2;;/h3-6,14H,7-9H2,1-2H3;1H;/q-1;;+2/p-1. The van der Waals surface area contributed by atoms with Crippen LogP contribution in [0, 0.1) is 5.92 Å². The summed E-state index contributed by atoms with van der Waals surface area (Å²) in [4.78, 5) is 0. The van der Waals surface area contributed by atoms with Crippen LogP contribution in [0.3, 0.4) is 0 Å². The van der Waals surface area contributed by atoms with Crippen molar-refractivity contribution in [3.8, 4) is 0 Å². The van der Waals surface area contributed by atoms with Crippen molar-refractivity contribution in [1.29, 1.82) is 0 Å². The molecule has 0 atom stereocenters. The molecular weight excluding hydrogens is 311 g/mol. The van der Waals surface area contributed by atoms with Gasteiger partial charge in [0.1, 0.15) is 0 Å². The van der Waals surface area contributed by atoms with Crippen molar-refractivity contribution in [2.75, 3.05) is 6.61 Å². The van der Waals surface area contributed by atoms with E-state index < -0.39 is 0 Å². The van der Waals surface area contributed by atoms with Crippen LogP contribution < -0.4 is 12.4 Å². The van der Waals surface area contributed by atoms with Gasteiger partial charge in [-0.2, -0.15) is 0 Å². The molecular formula is C14H17ClOZr. The van der Waals surface area contributed by atoms with Gasteiger partial charge in [-0.05, 0) is 0 Å². The predicted octanol–water partition coefficient (Wildman–Crippen LogP) is 0.638. The van der Waals surface area contributed by atoms with Crippen LogP contribution in [0.5, 0.6) is 0 Å². The summed E-state index contributed by atoms with van der Waals surface area (Å²) in [5.74, 6) is 0.504. The van der Waals surface area contributed by atoms with Crippen LogP contribution in [0.1, 0.15) is 26.7 Å². The topological polar surface area (TPSA) is 9.23 Å². The van der Waals surface area contributed by atoms with Crippen molar-refractivity contribution in [3.05, 3.63) is 46.6 Å². The fourth-order valence-corrected chi connectivity index (χ4v) is 3.00. The van der Waals surface area contributed by atoms with E-state index in [2.05, 4.69) is 38.2 Å². The van der Waals surface area contributed by atoms with Crippen LogP contribution in [-0.2, 0) is 28.0 Å². The SMILES string of the molecule is CC1=C(C(C[O][Zr+])C2=C(C)C=CC2)CC=C1.[Cl-]. The van der Waals surface area contributed by atoms with Crippen LogP contribution in [0.4, 0.5) is 0 Å². The first-order valence-electron chi connectivity index (χ1n) is 5.75. The Labute approximate surface area is 126 Å². The summed E-state index contributed by atoms with van der Waals surface area (Å²) in [5.41, 5.74) is 5.98. The number of halogens is 1. The number of rotatable bonds is 4. The zero-order chi connectivity index (χ0) is 11.5. The number of hydrogen-bond donors (Lipinski definition) is 0. The van der Waals surface area contributed by atoms with Gasteiger partial charge < -0.3 is 12.4 Å². The molecule has 0 aliphatic heterocycles. The Morgan fingerprint density at radius 1 is 1.12 bits per heavy atom. The maximum Gasteiger partial charge on any atom is -1.00 e. The van der Waals surface area contributed by atoms with Gasteiger partial charge in [-0.1, -0.05) is 0 Å². The minimum Gasteiger partial charge on any atom is -1.00 e. The molecule has 0 aromatic carbocycles. The van der Waals surface area contributed by atoms with E-state index in [-0.39, 0.29) is 12.4 Å². The van der Waals surface area contributed by atoms with E-state index in [9.17, 15) is 0 Å². The Bertz CT molecular complexity index is 368. The van der Waals surface area contributed by atoms with Gasteiger partial charge in [-0.3, -0.25) is 0 Å². The van der Waals surface area contributed by atoms with Crippen molar-refractivity contribution in [2.24, 2.45) is 5.92 Å². The van der Waals surface area contributed by atoms with E-state index >= 15 is 0 Å². The van der Waals surface area contributed by atoms with E-state index in [0.717, 1.165) is 19.4 Å². The second-order valence-electron chi connectivity index (χ2n) is 4.49. The Morgan fingerprint density at radius 2 is 1.59 bits per heavy atom. The molecule has 0 saturated carbocycles. The molecule has 0 unspecified atom stereocenters. The van der Waals surface area contributed by atoms with Gasteiger partial charge in [0.15, 0.2) is 0 Å². The Morgan fingerprint density at radius 3 is 1.88 bits per heavy atom. The normalized spacial score (nSPS) is 18.5. The van der Waals surface area contributed by atoms with Gasteiger partial charge in [0.05, 0.1) is 0 Å². The molecule has 90 valence electrons. The van der Waals surface area contributed by atoms with Gasteiger partial charge >= 0.3 is 114 Å². The monoisotopic (exact) mass is 326 g/mol. The van der Waals surface area contributed by atoms with E-state index in [1.165, 1.54) is 36.3 Å². The summed E-state index contributed by atoms with van der Waals surface area (Å²) < 4.78 is 5.49. The maximum absolute atomic E-state index is 5.49. The molecule has 1 nitrogen and oxygen atoms in total. The molecule has 0 heterocycles. The fraction of sp³-hybridized carbons (Fsp3) is 0.429. The first-order valence-corrected chi connectivity index (χ1v) is 6.75. The molecule has 2 aliphatic rings. The van der Waals surface area contributed by atoms with Crippen LogP contribution in [0.15, 0.2) is 46.6 Å². The third-order valence-electron chi connectivity index (χ3n) is 3.52. The van der Waals surface area contributed by atoms with Gasteiger partial charge in [0, 0.05) is 0 Å². The fourth-order valence-electron chi connectivity index (χ4n) is 2.59. The second kappa shape index (κ2) is 6.87. The molecule has 0 saturated heterocycles. The van der Waals surface area contributed by atoms with Crippen molar-refractivity contribution >= 4 is 0 Å². The molecule has 0 bridgehead atoms. The van der Waals surface area contributed by atoms with Crippen molar-refractivity contribution < 1.29 is 40.4 Å². The molecule has 3 heteroatoms. The Hall–Kier alpha value is 0.0931. The molecule has 0 aromatic rings. The first-order chi connectivity index (χ1) is 7.74. The zero-order valence-electron chi connectivity index (χ0n) is 10.3. The zero-order valence-corrected chi connectivity index (χ0v) is 13.5. The summed E-state index contributed by atoms with van der Waals surface area (Å²) in [5, 5.41) is 0. The first kappa shape index (κ1) is 15.2. The molecule has 0 fully saturated rings. The predicted molar refractivity (Wildman–Crippen MR) is 62.4 cm³/mol. The molecule has 0 aromatic heterocycles. The van der Waals surface area contributed by atoms with E-state index in [1.54, 1.807) is 11.1 Å². The summed E-state index contributed by atoms with van der Waals surface area (Å²) in [6, 6.07) is 0. The third-order valence-corrected chi connectivity index (χ3v) is 3.93. The Kier molecular flexibility index (Phi) is 6.13. The largest absolute Gasteiger partial charge is 1.00 e. The van der Waals surface area contributed by atoms with Crippen LogP contribution in [-0.4, -0.2) is 6.61 Å². The third kappa shape index (κ3) is 3.31. The van der Waals surface area contributed by atoms with Gasteiger partial charge in [0.25, 0.3) is 0 Å². The molecule has 2 rings (SSSR count). The van der Waals surface area contributed by atoms with Crippen molar-refractivity contribution in [3.63, 3.8) is 0 Å². The van der Waals surface area contributed by atoms with E-state index in [0.29, 0.717) is 5.92 Å². The van der Waals surface area contributed by atoms with E-state index in [4.69, 9.17) is 2.81 Å². The molecule has 0 amide bonds. The smallest absolute Gasteiger partial charge is 1.00 e. The molecule has 0 spiro atoms. The summed E-state index contributed by atoms with van der Waals surface area (Å²) in [7, 11) is 0. The van der Waals surface area contributed by atoms with Crippen molar-refractivity contribution in [2.45, 2.75) is 26.7 Å². The second-order valence-corrected chi connectivity index (χ2v) is 5.20. The molecule has 0 N–H and O–H groups in total. The number of hydrogen-bond acceptors (Lipinski definition) is 1. The van der Waals surface area contributed by atoms with Crippen LogP contribution in [0.25, 0.3) is 0 Å². The minimum atomic E-state index is 0.